The summed E-state index contributed by atoms with van der Waals surface area (Å²) in [6, 6.07) is 44.1. The van der Waals surface area contributed by atoms with E-state index in [2.05, 4.69) is 138 Å². The Balaban J connectivity index is 1.40. The zero-order valence-electron chi connectivity index (χ0n) is 23.0. The van der Waals surface area contributed by atoms with Gasteiger partial charge in [-0.1, -0.05) is 92.7 Å². The van der Waals surface area contributed by atoms with Gasteiger partial charge in [0.15, 0.2) is 0 Å². The second-order valence-corrected chi connectivity index (χ2v) is 11.7. The molecule has 3 nitrogen and oxygen atoms in total. The number of hydrogen-bond acceptors (Lipinski definition) is 1. The van der Waals surface area contributed by atoms with E-state index in [0.29, 0.717) is 0 Å². The Labute approximate surface area is 237 Å². The molecule has 0 amide bonds. The van der Waals surface area contributed by atoms with Crippen LogP contribution >= 0.6 is 0 Å². The molecule has 0 spiro atoms. The number of nitrogens with zero attached hydrogens (tertiary/aromatic N) is 3. The zero-order chi connectivity index (χ0) is 27.3. The molecule has 0 saturated heterocycles. The lowest BCUT2D eigenvalue weighted by atomic mass is 9.82. The fourth-order valence-electron chi connectivity index (χ4n) is 7.26. The van der Waals surface area contributed by atoms with Gasteiger partial charge in [-0.25, -0.2) is 4.98 Å². The molecule has 0 atom stereocenters. The van der Waals surface area contributed by atoms with Gasteiger partial charge in [0.1, 0.15) is 6.33 Å². The van der Waals surface area contributed by atoms with Crippen LogP contribution < -0.4 is 0 Å². The van der Waals surface area contributed by atoms with Crippen molar-refractivity contribution in [3.05, 3.63) is 139 Å². The molecule has 0 aliphatic heterocycles. The van der Waals surface area contributed by atoms with E-state index in [9.17, 15) is 0 Å². The van der Waals surface area contributed by atoms with Gasteiger partial charge >= 0.3 is 0 Å². The summed E-state index contributed by atoms with van der Waals surface area (Å²) in [4.78, 5) is 4.71. The second-order valence-electron chi connectivity index (χ2n) is 11.7. The van der Waals surface area contributed by atoms with Gasteiger partial charge in [-0.05, 0) is 75.5 Å². The molecule has 1 aliphatic rings. The van der Waals surface area contributed by atoms with Gasteiger partial charge in [0, 0.05) is 27.6 Å². The molecule has 0 radical (unpaired) electrons. The van der Waals surface area contributed by atoms with Crippen molar-refractivity contribution in [3.63, 3.8) is 0 Å². The second kappa shape index (κ2) is 7.96. The van der Waals surface area contributed by atoms with Crippen LogP contribution in [-0.4, -0.2) is 14.1 Å². The summed E-state index contributed by atoms with van der Waals surface area (Å²) < 4.78 is 4.61. The molecular weight excluding hydrogens is 498 g/mol. The quantitative estimate of drug-likeness (QED) is 0.220. The molecule has 6 aromatic carbocycles. The zero-order valence-corrected chi connectivity index (χ0v) is 23.0. The summed E-state index contributed by atoms with van der Waals surface area (Å²) in [5.74, 6) is 0. The number of hydrogen-bond donors (Lipinski definition) is 0. The van der Waals surface area contributed by atoms with E-state index >= 15 is 0 Å². The van der Waals surface area contributed by atoms with E-state index < -0.39 is 0 Å². The number of para-hydroxylation sites is 2. The van der Waals surface area contributed by atoms with Crippen LogP contribution in [-0.2, 0) is 5.41 Å². The molecule has 41 heavy (non-hydrogen) atoms. The molecule has 0 unspecified atom stereocenters. The van der Waals surface area contributed by atoms with Gasteiger partial charge < -0.3 is 4.57 Å². The first-order chi connectivity index (χ1) is 20.1. The monoisotopic (exact) mass is 525 g/mol. The van der Waals surface area contributed by atoms with Crippen LogP contribution in [0.2, 0.25) is 0 Å². The maximum atomic E-state index is 4.71. The third-order valence-electron chi connectivity index (χ3n) is 9.19. The Morgan fingerprint density at radius 2 is 1.29 bits per heavy atom. The average molecular weight is 526 g/mol. The Morgan fingerprint density at radius 3 is 2.17 bits per heavy atom. The third kappa shape index (κ3) is 2.95. The van der Waals surface area contributed by atoms with E-state index in [1.54, 1.807) is 0 Å². The molecule has 9 rings (SSSR count). The lowest BCUT2D eigenvalue weighted by Gasteiger charge is -2.21. The number of imidazole rings is 1. The van der Waals surface area contributed by atoms with E-state index in [-0.39, 0.29) is 5.41 Å². The summed E-state index contributed by atoms with van der Waals surface area (Å²) >= 11 is 0. The van der Waals surface area contributed by atoms with Crippen molar-refractivity contribution in [1.82, 2.24) is 14.1 Å². The summed E-state index contributed by atoms with van der Waals surface area (Å²) in [6.07, 6.45) is 1.92. The lowest BCUT2D eigenvalue weighted by Crippen LogP contribution is -2.14. The minimum Gasteiger partial charge on any atom is -0.309 e. The fraction of sp³-hybridized carbons (Fsp3) is 0.0789. The maximum absolute atomic E-state index is 4.71. The third-order valence-corrected chi connectivity index (χ3v) is 9.19. The summed E-state index contributed by atoms with van der Waals surface area (Å²) in [5.41, 5.74) is 12.3. The highest BCUT2D eigenvalue weighted by molar-refractivity contribution is 6.20. The van der Waals surface area contributed by atoms with Gasteiger partial charge in [0.2, 0.25) is 0 Å². The molecule has 8 aromatic rings. The van der Waals surface area contributed by atoms with Crippen LogP contribution in [0.4, 0.5) is 0 Å². The van der Waals surface area contributed by atoms with E-state index in [4.69, 9.17) is 4.98 Å². The maximum Gasteiger partial charge on any atom is 0.100 e. The van der Waals surface area contributed by atoms with E-state index in [0.717, 1.165) is 22.4 Å². The SMILES string of the molecule is CC1(C)c2ccc3ccccc3c2-c2c1ccc1c2c2ccccc2n1-c1ccc2ncn(-c3ccccc3)c2c1. The molecule has 0 bridgehead atoms. The Morgan fingerprint density at radius 1 is 0.561 bits per heavy atom. The molecular formula is C38H27N3. The number of aromatic nitrogens is 3. The van der Waals surface area contributed by atoms with E-state index in [1.165, 1.54) is 54.8 Å². The minimum absolute atomic E-state index is 0.0762. The number of benzene rings is 6. The lowest BCUT2D eigenvalue weighted by molar-refractivity contribution is 0.661. The molecule has 3 heteroatoms. The van der Waals surface area contributed by atoms with Crippen LogP contribution in [0.3, 0.4) is 0 Å². The molecule has 2 aromatic heterocycles. The highest BCUT2D eigenvalue weighted by atomic mass is 15.1. The molecule has 1 aliphatic carbocycles. The predicted molar refractivity (Wildman–Crippen MR) is 170 cm³/mol. The number of fused-ring (bicyclic) bond motifs is 10. The Kier molecular flexibility index (Phi) is 4.39. The van der Waals surface area contributed by atoms with Crippen molar-refractivity contribution >= 4 is 43.6 Å². The van der Waals surface area contributed by atoms with Crippen LogP contribution in [0, 0.1) is 0 Å². The van der Waals surface area contributed by atoms with Crippen molar-refractivity contribution in [3.8, 4) is 22.5 Å². The van der Waals surface area contributed by atoms with Crippen molar-refractivity contribution < 1.29 is 0 Å². The molecule has 0 fully saturated rings. The van der Waals surface area contributed by atoms with Crippen molar-refractivity contribution in [1.29, 1.82) is 0 Å². The first kappa shape index (κ1) is 22.6. The van der Waals surface area contributed by atoms with Gasteiger partial charge in [0.25, 0.3) is 0 Å². The fourth-order valence-corrected chi connectivity index (χ4v) is 7.26. The Bertz CT molecular complexity index is 2330. The predicted octanol–water partition coefficient (Wildman–Crippen LogP) is 9.58. The van der Waals surface area contributed by atoms with Crippen molar-refractivity contribution in [2.75, 3.05) is 0 Å². The normalized spacial score (nSPS) is 13.8. The van der Waals surface area contributed by atoms with Crippen molar-refractivity contribution in [2.45, 2.75) is 19.3 Å². The number of rotatable bonds is 2. The highest BCUT2D eigenvalue weighted by Gasteiger charge is 2.38. The molecule has 2 heterocycles. The standard InChI is InChI=1S/C38H27N3/c1-38(2)29-18-16-24-10-6-7-13-27(24)35(29)37-30(38)19-21-33-36(37)28-14-8-9-15-32(28)41(33)26-17-20-31-34(22-26)40(23-39-31)25-11-4-3-5-12-25/h3-23H,1-2H3. The van der Waals surface area contributed by atoms with Crippen LogP contribution in [0.15, 0.2) is 128 Å². The average Bonchev–Trinajstić information content (AvgIpc) is 3.66. The molecule has 194 valence electrons. The first-order valence-electron chi connectivity index (χ1n) is 14.2. The first-order valence-corrected chi connectivity index (χ1v) is 14.2. The molecule has 0 saturated carbocycles. The summed E-state index contributed by atoms with van der Waals surface area (Å²) in [7, 11) is 0. The molecule has 0 N–H and O–H groups in total. The van der Waals surface area contributed by atoms with Crippen molar-refractivity contribution in [2.24, 2.45) is 0 Å². The van der Waals surface area contributed by atoms with Gasteiger partial charge in [-0.3, -0.25) is 4.57 Å². The van der Waals surface area contributed by atoms with Crippen LogP contribution in [0.5, 0.6) is 0 Å². The Hall–Kier alpha value is -5.15. The minimum atomic E-state index is -0.0762. The smallest absolute Gasteiger partial charge is 0.100 e. The highest BCUT2D eigenvalue weighted by Crippen LogP contribution is 2.55. The largest absolute Gasteiger partial charge is 0.309 e. The van der Waals surface area contributed by atoms with Crippen LogP contribution in [0.1, 0.15) is 25.0 Å². The van der Waals surface area contributed by atoms with E-state index in [1.807, 2.05) is 12.4 Å². The van der Waals surface area contributed by atoms with Gasteiger partial charge in [-0.2, -0.15) is 0 Å². The summed E-state index contributed by atoms with van der Waals surface area (Å²) in [6.45, 7) is 4.74. The van der Waals surface area contributed by atoms with Gasteiger partial charge in [-0.15, -0.1) is 0 Å². The topological polar surface area (TPSA) is 22.8 Å². The summed E-state index contributed by atoms with van der Waals surface area (Å²) in [5, 5.41) is 5.23. The van der Waals surface area contributed by atoms with Gasteiger partial charge in [0.05, 0.1) is 22.1 Å². The van der Waals surface area contributed by atoms with Crippen LogP contribution in [0.25, 0.3) is 66.1 Å².